The van der Waals surface area contributed by atoms with Crippen LogP contribution in [0.5, 0.6) is 0 Å². The highest BCUT2D eigenvalue weighted by Crippen LogP contribution is 2.44. The molecule has 5 nitrogen and oxygen atoms in total. The van der Waals surface area contributed by atoms with Crippen LogP contribution in [-0.2, 0) is 9.53 Å². The van der Waals surface area contributed by atoms with Crippen molar-refractivity contribution in [1.82, 2.24) is 4.90 Å². The van der Waals surface area contributed by atoms with Crippen molar-refractivity contribution in [3.8, 4) is 11.1 Å². The van der Waals surface area contributed by atoms with Crippen LogP contribution in [0.3, 0.4) is 0 Å². The molecule has 1 N–H and O–H groups in total. The Labute approximate surface area is 152 Å². The van der Waals surface area contributed by atoms with Gasteiger partial charge in [-0.15, -0.1) is 6.58 Å². The van der Waals surface area contributed by atoms with E-state index in [1.165, 1.54) is 13.1 Å². The van der Waals surface area contributed by atoms with Crippen LogP contribution in [0.4, 0.5) is 4.79 Å². The van der Waals surface area contributed by atoms with Crippen molar-refractivity contribution in [3.63, 3.8) is 0 Å². The van der Waals surface area contributed by atoms with E-state index < -0.39 is 18.1 Å². The normalized spacial score (nSPS) is 13.4. The third kappa shape index (κ3) is 3.20. The minimum Gasteiger partial charge on any atom is -0.480 e. The summed E-state index contributed by atoms with van der Waals surface area (Å²) in [6.07, 6.45) is 0.989. The first kappa shape index (κ1) is 17.7. The lowest BCUT2D eigenvalue weighted by atomic mass is 9.98. The molecule has 5 heteroatoms. The number of carboxylic acids is 1. The Bertz CT molecular complexity index is 800. The number of carbonyl (C=O) groups is 2. The number of fused-ring (bicyclic) bond motifs is 3. The van der Waals surface area contributed by atoms with E-state index in [2.05, 4.69) is 18.7 Å². The highest BCUT2D eigenvalue weighted by Gasteiger charge is 2.31. The molecule has 0 aliphatic heterocycles. The van der Waals surface area contributed by atoms with E-state index in [1.807, 2.05) is 36.4 Å². The van der Waals surface area contributed by atoms with Gasteiger partial charge in [-0.1, -0.05) is 54.6 Å². The highest BCUT2D eigenvalue weighted by molar-refractivity contribution is 5.81. The van der Waals surface area contributed by atoms with Crippen molar-refractivity contribution in [2.75, 3.05) is 13.7 Å². The number of ether oxygens (including phenoxy) is 1. The molecular weight excluding hydrogens is 330 g/mol. The number of carboxylic acid groups (broad SMARTS) is 1. The van der Waals surface area contributed by atoms with E-state index in [0.29, 0.717) is 0 Å². The Kier molecular flexibility index (Phi) is 5.07. The van der Waals surface area contributed by atoms with Gasteiger partial charge < -0.3 is 9.84 Å². The smallest absolute Gasteiger partial charge is 0.410 e. The molecule has 0 heterocycles. The number of likely N-dealkylation sites (N-methyl/N-ethyl adjacent to an activating group) is 1. The SMILES string of the molecule is C=CC[C@@H](C(=O)O)N(C)C(=O)OCC1c2ccccc2-c2ccccc21. The number of aliphatic carboxylic acids is 1. The molecule has 2 aromatic carbocycles. The number of carbonyl (C=O) groups excluding carboxylic acids is 1. The summed E-state index contributed by atoms with van der Waals surface area (Å²) >= 11 is 0. The first-order valence-electron chi connectivity index (χ1n) is 8.46. The molecule has 134 valence electrons. The van der Waals surface area contributed by atoms with Gasteiger partial charge in [0.15, 0.2) is 0 Å². The summed E-state index contributed by atoms with van der Waals surface area (Å²) in [6.45, 7) is 3.71. The van der Waals surface area contributed by atoms with E-state index in [-0.39, 0.29) is 18.9 Å². The highest BCUT2D eigenvalue weighted by atomic mass is 16.6. The zero-order valence-electron chi connectivity index (χ0n) is 14.6. The number of rotatable bonds is 6. The molecule has 26 heavy (non-hydrogen) atoms. The van der Waals surface area contributed by atoms with Gasteiger partial charge in [-0.3, -0.25) is 4.90 Å². The van der Waals surface area contributed by atoms with Crippen molar-refractivity contribution in [2.45, 2.75) is 18.4 Å². The van der Waals surface area contributed by atoms with Crippen LogP contribution in [0.15, 0.2) is 61.2 Å². The van der Waals surface area contributed by atoms with Gasteiger partial charge in [0.25, 0.3) is 0 Å². The quantitative estimate of drug-likeness (QED) is 0.802. The minimum atomic E-state index is -1.08. The summed E-state index contributed by atoms with van der Waals surface area (Å²) < 4.78 is 5.47. The summed E-state index contributed by atoms with van der Waals surface area (Å²) in [7, 11) is 1.43. The lowest BCUT2D eigenvalue weighted by Gasteiger charge is -2.24. The number of hydrogen-bond acceptors (Lipinski definition) is 3. The van der Waals surface area contributed by atoms with Crippen molar-refractivity contribution in [2.24, 2.45) is 0 Å². The van der Waals surface area contributed by atoms with Gasteiger partial charge in [0.2, 0.25) is 0 Å². The second-order valence-electron chi connectivity index (χ2n) is 6.29. The summed E-state index contributed by atoms with van der Waals surface area (Å²) in [4.78, 5) is 24.8. The zero-order chi connectivity index (χ0) is 18.7. The maximum atomic E-state index is 12.4. The Morgan fingerprint density at radius 3 is 2.19 bits per heavy atom. The maximum Gasteiger partial charge on any atom is 0.410 e. The summed E-state index contributed by atoms with van der Waals surface area (Å²) in [6, 6.07) is 15.1. The second-order valence-corrected chi connectivity index (χ2v) is 6.29. The lowest BCUT2D eigenvalue weighted by molar-refractivity contribution is -0.142. The van der Waals surface area contributed by atoms with Crippen LogP contribution >= 0.6 is 0 Å². The van der Waals surface area contributed by atoms with Crippen molar-refractivity contribution < 1.29 is 19.4 Å². The summed E-state index contributed by atoms with van der Waals surface area (Å²) in [5, 5.41) is 9.27. The number of amides is 1. The molecule has 2 aromatic rings. The van der Waals surface area contributed by atoms with Crippen LogP contribution < -0.4 is 0 Å². The molecule has 0 aromatic heterocycles. The van der Waals surface area contributed by atoms with E-state index in [0.717, 1.165) is 27.2 Å². The fourth-order valence-corrected chi connectivity index (χ4v) is 3.41. The van der Waals surface area contributed by atoms with E-state index in [4.69, 9.17) is 4.74 Å². The van der Waals surface area contributed by atoms with Crippen LogP contribution in [-0.4, -0.2) is 41.8 Å². The Balaban J connectivity index is 1.76. The molecule has 1 amide bonds. The molecule has 0 saturated carbocycles. The first-order valence-corrected chi connectivity index (χ1v) is 8.46. The Hall–Kier alpha value is -3.08. The van der Waals surface area contributed by atoms with E-state index in [1.54, 1.807) is 0 Å². The molecule has 0 unspecified atom stereocenters. The van der Waals surface area contributed by atoms with Crippen molar-refractivity contribution in [3.05, 3.63) is 72.3 Å². The average Bonchev–Trinajstić information content (AvgIpc) is 2.97. The monoisotopic (exact) mass is 351 g/mol. The maximum absolute atomic E-state index is 12.4. The fourth-order valence-electron chi connectivity index (χ4n) is 3.41. The first-order chi connectivity index (χ1) is 12.5. The number of hydrogen-bond donors (Lipinski definition) is 1. The molecular formula is C21H21NO4. The third-order valence-corrected chi connectivity index (χ3v) is 4.77. The molecule has 0 radical (unpaired) electrons. The zero-order valence-corrected chi connectivity index (χ0v) is 14.6. The standard InChI is InChI=1S/C21H21NO4/c1-3-8-19(20(23)24)22(2)21(25)26-13-18-16-11-6-4-9-14(16)15-10-5-7-12-17(15)18/h3-7,9-12,18-19H,1,8,13H2,2H3,(H,23,24)/t19-/m0/s1. The Morgan fingerprint density at radius 1 is 1.15 bits per heavy atom. The average molecular weight is 351 g/mol. The molecule has 0 saturated heterocycles. The van der Waals surface area contributed by atoms with Crippen LogP contribution in [0, 0.1) is 0 Å². The molecule has 3 rings (SSSR count). The predicted molar refractivity (Wildman–Crippen MR) is 99.1 cm³/mol. The van der Waals surface area contributed by atoms with Crippen LogP contribution in [0.2, 0.25) is 0 Å². The van der Waals surface area contributed by atoms with Gasteiger partial charge >= 0.3 is 12.1 Å². The molecule has 0 spiro atoms. The third-order valence-electron chi connectivity index (χ3n) is 4.77. The largest absolute Gasteiger partial charge is 0.480 e. The Morgan fingerprint density at radius 2 is 1.69 bits per heavy atom. The van der Waals surface area contributed by atoms with Gasteiger partial charge in [-0.25, -0.2) is 9.59 Å². The molecule has 0 fully saturated rings. The van der Waals surface area contributed by atoms with Crippen molar-refractivity contribution in [1.29, 1.82) is 0 Å². The van der Waals surface area contributed by atoms with E-state index in [9.17, 15) is 14.7 Å². The fraction of sp³-hybridized carbons (Fsp3) is 0.238. The topological polar surface area (TPSA) is 66.8 Å². The van der Waals surface area contributed by atoms with Crippen molar-refractivity contribution >= 4 is 12.1 Å². The summed E-state index contributed by atoms with van der Waals surface area (Å²) in [5.74, 6) is -1.14. The minimum absolute atomic E-state index is 0.0533. The second kappa shape index (κ2) is 7.44. The van der Waals surface area contributed by atoms with Gasteiger partial charge in [0.05, 0.1) is 0 Å². The molecule has 0 bridgehead atoms. The molecule has 1 aliphatic carbocycles. The van der Waals surface area contributed by atoms with E-state index >= 15 is 0 Å². The predicted octanol–water partition coefficient (Wildman–Crippen LogP) is 3.90. The van der Waals surface area contributed by atoms with Gasteiger partial charge in [0, 0.05) is 13.0 Å². The van der Waals surface area contributed by atoms with Gasteiger partial charge in [0.1, 0.15) is 12.6 Å². The number of nitrogens with zero attached hydrogens (tertiary/aromatic N) is 1. The molecule has 1 aliphatic rings. The summed E-state index contributed by atoms with van der Waals surface area (Å²) in [5.41, 5.74) is 4.52. The van der Waals surface area contributed by atoms with Crippen LogP contribution in [0.1, 0.15) is 23.5 Å². The van der Waals surface area contributed by atoms with Crippen LogP contribution in [0.25, 0.3) is 11.1 Å². The number of benzene rings is 2. The molecule has 1 atom stereocenters. The van der Waals surface area contributed by atoms with Gasteiger partial charge in [-0.2, -0.15) is 0 Å². The van der Waals surface area contributed by atoms with Gasteiger partial charge in [-0.05, 0) is 28.7 Å². The lowest BCUT2D eigenvalue weighted by Crippen LogP contribution is -2.42.